The molecule has 3 atom stereocenters. The first-order chi connectivity index (χ1) is 14.8. The molecule has 0 bridgehead atoms. The molecule has 1 aliphatic carbocycles. The molecule has 4 heteroatoms. The van der Waals surface area contributed by atoms with E-state index in [1.54, 1.807) is 0 Å². The van der Waals surface area contributed by atoms with Gasteiger partial charge in [-0.25, -0.2) is 0 Å². The Morgan fingerprint density at radius 3 is 2.57 bits per heavy atom. The number of ether oxygens (including phenoxy) is 1. The maximum atomic E-state index is 9.76. The number of H-pyrrole nitrogens is 1. The lowest BCUT2D eigenvalue weighted by Gasteiger charge is -2.37. The van der Waals surface area contributed by atoms with E-state index in [1.807, 2.05) is 23.1 Å². The summed E-state index contributed by atoms with van der Waals surface area (Å²) in [6.07, 6.45) is 9.35. The minimum absolute atomic E-state index is 0.00837. The first-order valence-corrected chi connectivity index (χ1v) is 11.3. The predicted octanol–water partition coefficient (Wildman–Crippen LogP) is 5.82. The normalized spacial score (nSPS) is 24.5. The monoisotopic (exact) mass is 399 g/mol. The lowest BCUT2D eigenvalue weighted by Crippen LogP contribution is -2.35. The van der Waals surface area contributed by atoms with Gasteiger partial charge in [0, 0.05) is 24.0 Å². The van der Waals surface area contributed by atoms with E-state index in [0.717, 1.165) is 37.2 Å². The number of hydrogen-bond acceptors (Lipinski definition) is 3. The molecule has 2 heterocycles. The molecular formula is C26H29N3O. The SMILES string of the molecule is N#CN1CCc2c([nH]c3ccccc23)C(Oc2ccccc2)CC2CCCCC2C1. The zero-order chi connectivity index (χ0) is 20.3. The maximum absolute atomic E-state index is 9.76. The third kappa shape index (κ3) is 3.77. The van der Waals surface area contributed by atoms with Crippen LogP contribution in [0.4, 0.5) is 0 Å². The summed E-state index contributed by atoms with van der Waals surface area (Å²) in [6.45, 7) is 1.66. The average Bonchev–Trinajstić information content (AvgIpc) is 3.16. The highest BCUT2D eigenvalue weighted by Crippen LogP contribution is 2.41. The number of aromatic amines is 1. The van der Waals surface area contributed by atoms with Gasteiger partial charge in [0.2, 0.25) is 0 Å². The van der Waals surface area contributed by atoms with E-state index in [0.29, 0.717) is 11.8 Å². The lowest BCUT2D eigenvalue weighted by molar-refractivity contribution is 0.104. The van der Waals surface area contributed by atoms with Crippen molar-refractivity contribution in [2.24, 2.45) is 11.8 Å². The minimum atomic E-state index is 0.00837. The summed E-state index contributed by atoms with van der Waals surface area (Å²) in [6, 6.07) is 18.7. The minimum Gasteiger partial charge on any atom is -0.484 e. The number of aromatic nitrogens is 1. The van der Waals surface area contributed by atoms with Crippen molar-refractivity contribution in [3.05, 3.63) is 65.9 Å². The quantitative estimate of drug-likeness (QED) is 0.552. The van der Waals surface area contributed by atoms with Gasteiger partial charge < -0.3 is 14.6 Å². The zero-order valence-electron chi connectivity index (χ0n) is 17.4. The molecule has 0 spiro atoms. The second-order valence-electron chi connectivity index (χ2n) is 8.82. The summed E-state index contributed by atoms with van der Waals surface area (Å²) in [4.78, 5) is 5.70. The van der Waals surface area contributed by atoms with Crippen molar-refractivity contribution in [2.45, 2.75) is 44.6 Å². The molecule has 3 aromatic rings. The van der Waals surface area contributed by atoms with Gasteiger partial charge >= 0.3 is 0 Å². The summed E-state index contributed by atoms with van der Waals surface area (Å²) < 4.78 is 6.64. The number of hydrogen-bond donors (Lipinski definition) is 1. The summed E-state index contributed by atoms with van der Waals surface area (Å²) in [5, 5.41) is 11.0. The Hall–Kier alpha value is -2.93. The first kappa shape index (κ1) is 19.1. The van der Waals surface area contributed by atoms with Crippen LogP contribution >= 0.6 is 0 Å². The molecule has 1 fully saturated rings. The van der Waals surface area contributed by atoms with Gasteiger partial charge in [0.05, 0.1) is 5.69 Å². The largest absolute Gasteiger partial charge is 0.484 e. The third-order valence-electron chi connectivity index (χ3n) is 7.00. The Balaban J connectivity index is 1.59. The summed E-state index contributed by atoms with van der Waals surface area (Å²) in [7, 11) is 0. The molecule has 154 valence electrons. The standard InChI is InChI=1S/C26H29N3O/c27-18-29-15-14-23-22-12-6-7-13-24(22)28-26(23)25(30-21-10-2-1-3-11-21)16-19-8-4-5-9-20(19)17-29/h1-3,6-7,10-13,19-20,25,28H,4-5,8-9,14-17H2. The molecule has 4 nitrogen and oxygen atoms in total. The van der Waals surface area contributed by atoms with Crippen molar-refractivity contribution in [3.63, 3.8) is 0 Å². The van der Waals surface area contributed by atoms with Crippen LogP contribution in [0.3, 0.4) is 0 Å². The third-order valence-corrected chi connectivity index (χ3v) is 7.00. The molecule has 30 heavy (non-hydrogen) atoms. The molecule has 3 unspecified atom stereocenters. The molecule has 0 amide bonds. The molecule has 0 radical (unpaired) electrons. The van der Waals surface area contributed by atoms with Crippen molar-refractivity contribution < 1.29 is 4.74 Å². The average molecular weight is 400 g/mol. The molecular weight excluding hydrogens is 370 g/mol. The van der Waals surface area contributed by atoms with E-state index < -0.39 is 0 Å². The van der Waals surface area contributed by atoms with Gasteiger partial charge in [-0.05, 0) is 61.3 Å². The van der Waals surface area contributed by atoms with Crippen molar-refractivity contribution >= 4 is 10.9 Å². The fraction of sp³-hybridized carbons (Fsp3) is 0.423. The number of rotatable bonds is 2. The lowest BCUT2D eigenvalue weighted by atomic mass is 9.75. The second kappa shape index (κ2) is 8.44. The summed E-state index contributed by atoms with van der Waals surface area (Å²) in [5.41, 5.74) is 3.66. The Morgan fingerprint density at radius 1 is 0.967 bits per heavy atom. The molecule has 1 saturated carbocycles. The van der Waals surface area contributed by atoms with Crippen LogP contribution in [-0.4, -0.2) is 23.0 Å². The van der Waals surface area contributed by atoms with Crippen LogP contribution in [0.1, 0.15) is 49.5 Å². The van der Waals surface area contributed by atoms with Crippen molar-refractivity contribution in [1.29, 1.82) is 5.26 Å². The smallest absolute Gasteiger partial charge is 0.179 e. The first-order valence-electron chi connectivity index (χ1n) is 11.3. The van der Waals surface area contributed by atoms with Gasteiger partial charge in [0.25, 0.3) is 0 Å². The van der Waals surface area contributed by atoms with Gasteiger partial charge in [-0.15, -0.1) is 0 Å². The number of nitrogens with zero attached hydrogens (tertiary/aromatic N) is 2. The van der Waals surface area contributed by atoms with Gasteiger partial charge in [-0.3, -0.25) is 0 Å². The maximum Gasteiger partial charge on any atom is 0.179 e. The summed E-state index contributed by atoms with van der Waals surface area (Å²) in [5.74, 6) is 2.09. The molecule has 2 aliphatic rings. The van der Waals surface area contributed by atoms with E-state index in [-0.39, 0.29) is 6.10 Å². The van der Waals surface area contributed by atoms with E-state index in [4.69, 9.17) is 4.74 Å². The number of nitrogens with one attached hydrogen (secondary N) is 1. The highest BCUT2D eigenvalue weighted by atomic mass is 16.5. The Morgan fingerprint density at radius 2 is 1.73 bits per heavy atom. The van der Waals surface area contributed by atoms with Crippen LogP contribution in [0.15, 0.2) is 54.6 Å². The predicted molar refractivity (Wildman–Crippen MR) is 119 cm³/mol. The molecule has 1 aromatic heterocycles. The van der Waals surface area contributed by atoms with Crippen molar-refractivity contribution in [2.75, 3.05) is 13.1 Å². The number of para-hydroxylation sites is 2. The molecule has 0 saturated heterocycles. The number of fused-ring (bicyclic) bond motifs is 4. The molecule has 1 N–H and O–H groups in total. The summed E-state index contributed by atoms with van der Waals surface area (Å²) >= 11 is 0. The Bertz CT molecular complexity index is 1040. The highest BCUT2D eigenvalue weighted by molar-refractivity contribution is 5.84. The van der Waals surface area contributed by atoms with Crippen LogP contribution in [0.2, 0.25) is 0 Å². The fourth-order valence-corrected chi connectivity index (χ4v) is 5.48. The van der Waals surface area contributed by atoms with E-state index in [9.17, 15) is 5.26 Å². The molecule has 5 rings (SSSR count). The Labute approximate surface area is 178 Å². The van der Waals surface area contributed by atoms with Crippen LogP contribution in [0.5, 0.6) is 5.75 Å². The van der Waals surface area contributed by atoms with Gasteiger partial charge in [0.1, 0.15) is 11.9 Å². The fourth-order valence-electron chi connectivity index (χ4n) is 5.48. The van der Waals surface area contributed by atoms with Crippen molar-refractivity contribution in [1.82, 2.24) is 9.88 Å². The topological polar surface area (TPSA) is 52.0 Å². The van der Waals surface area contributed by atoms with Gasteiger partial charge in [0.15, 0.2) is 6.19 Å². The zero-order valence-corrected chi connectivity index (χ0v) is 17.4. The van der Waals surface area contributed by atoms with Gasteiger partial charge in [-0.1, -0.05) is 49.2 Å². The highest BCUT2D eigenvalue weighted by Gasteiger charge is 2.33. The van der Waals surface area contributed by atoms with Crippen LogP contribution in [0.25, 0.3) is 10.9 Å². The van der Waals surface area contributed by atoms with E-state index in [2.05, 4.69) is 47.6 Å². The van der Waals surface area contributed by atoms with E-state index in [1.165, 1.54) is 42.3 Å². The Kier molecular flexibility index (Phi) is 5.36. The van der Waals surface area contributed by atoms with Crippen LogP contribution < -0.4 is 4.74 Å². The van der Waals surface area contributed by atoms with Crippen molar-refractivity contribution in [3.8, 4) is 11.9 Å². The van der Waals surface area contributed by atoms with Gasteiger partial charge in [-0.2, -0.15) is 5.26 Å². The molecule has 2 aromatic carbocycles. The number of benzene rings is 2. The van der Waals surface area contributed by atoms with Crippen LogP contribution in [-0.2, 0) is 6.42 Å². The molecule has 1 aliphatic heterocycles. The van der Waals surface area contributed by atoms with Crippen LogP contribution in [0, 0.1) is 23.3 Å². The number of nitriles is 1. The van der Waals surface area contributed by atoms with E-state index >= 15 is 0 Å². The second-order valence-corrected chi connectivity index (χ2v) is 8.82.